The van der Waals surface area contributed by atoms with Crippen LogP contribution in [0.15, 0.2) is 16.5 Å². The van der Waals surface area contributed by atoms with Crippen LogP contribution in [0.5, 0.6) is 0 Å². The standard InChI is InChI=1S/C9H11N3O2S2/c10-9-11-7-6(1-2-15-7)8(12-9)16-4-5(14)3-13/h1-2,5,13-14H,3-4H2,(H2,10,11,12). The minimum atomic E-state index is -0.741. The molecule has 2 aromatic heterocycles. The Labute approximate surface area is 100 Å². The molecule has 0 amide bonds. The van der Waals surface area contributed by atoms with E-state index in [1.165, 1.54) is 23.1 Å². The minimum absolute atomic E-state index is 0.232. The zero-order valence-corrected chi connectivity index (χ0v) is 9.96. The van der Waals surface area contributed by atoms with Gasteiger partial charge in [0, 0.05) is 11.1 Å². The average Bonchev–Trinajstić information content (AvgIpc) is 2.73. The van der Waals surface area contributed by atoms with Crippen LogP contribution in [-0.2, 0) is 0 Å². The summed E-state index contributed by atoms with van der Waals surface area (Å²) in [4.78, 5) is 9.07. The predicted octanol–water partition coefficient (Wildman–Crippen LogP) is 0.719. The van der Waals surface area contributed by atoms with Gasteiger partial charge in [-0.2, -0.15) is 0 Å². The first-order valence-electron chi connectivity index (χ1n) is 4.63. The monoisotopic (exact) mass is 257 g/mol. The average molecular weight is 257 g/mol. The molecule has 16 heavy (non-hydrogen) atoms. The van der Waals surface area contributed by atoms with Gasteiger partial charge in [0.1, 0.15) is 9.86 Å². The van der Waals surface area contributed by atoms with Crippen LogP contribution < -0.4 is 5.73 Å². The fourth-order valence-electron chi connectivity index (χ4n) is 1.18. The zero-order valence-electron chi connectivity index (χ0n) is 8.33. The molecule has 7 heteroatoms. The molecule has 2 aromatic rings. The molecule has 1 unspecified atom stereocenters. The summed E-state index contributed by atoms with van der Waals surface area (Å²) < 4.78 is 0. The lowest BCUT2D eigenvalue weighted by Crippen LogP contribution is -2.14. The molecule has 0 spiro atoms. The topological polar surface area (TPSA) is 92.3 Å². The van der Waals surface area contributed by atoms with E-state index in [0.29, 0.717) is 5.75 Å². The van der Waals surface area contributed by atoms with Crippen LogP contribution in [0.1, 0.15) is 0 Å². The highest BCUT2D eigenvalue weighted by Gasteiger charge is 2.10. The Morgan fingerprint density at radius 2 is 2.31 bits per heavy atom. The van der Waals surface area contributed by atoms with Crippen LogP contribution in [-0.4, -0.2) is 38.6 Å². The number of thiophene rings is 1. The number of anilines is 1. The smallest absolute Gasteiger partial charge is 0.222 e. The Balaban J connectivity index is 2.25. The van der Waals surface area contributed by atoms with Crippen LogP contribution in [0.4, 0.5) is 5.95 Å². The summed E-state index contributed by atoms with van der Waals surface area (Å²) in [5, 5.41) is 21.6. The Hall–Kier alpha value is -0.890. The highest BCUT2D eigenvalue weighted by atomic mass is 32.2. The molecule has 2 rings (SSSR count). The molecule has 2 heterocycles. The largest absolute Gasteiger partial charge is 0.394 e. The van der Waals surface area contributed by atoms with Gasteiger partial charge in [-0.25, -0.2) is 9.97 Å². The number of thioether (sulfide) groups is 1. The van der Waals surface area contributed by atoms with Crippen molar-refractivity contribution in [1.82, 2.24) is 9.97 Å². The van der Waals surface area contributed by atoms with E-state index in [1.807, 2.05) is 11.4 Å². The van der Waals surface area contributed by atoms with E-state index in [1.54, 1.807) is 0 Å². The molecular weight excluding hydrogens is 246 g/mol. The van der Waals surface area contributed by atoms with E-state index in [2.05, 4.69) is 9.97 Å². The minimum Gasteiger partial charge on any atom is -0.394 e. The summed E-state index contributed by atoms with van der Waals surface area (Å²) in [6.45, 7) is -0.250. The quantitative estimate of drug-likeness (QED) is 0.552. The number of rotatable bonds is 4. The summed E-state index contributed by atoms with van der Waals surface area (Å²) >= 11 is 2.87. The first kappa shape index (κ1) is 11.6. The molecule has 0 saturated carbocycles. The van der Waals surface area contributed by atoms with Crippen molar-refractivity contribution in [3.8, 4) is 0 Å². The van der Waals surface area contributed by atoms with Gasteiger partial charge in [-0.1, -0.05) is 0 Å². The highest BCUT2D eigenvalue weighted by molar-refractivity contribution is 7.99. The second kappa shape index (κ2) is 4.96. The van der Waals surface area contributed by atoms with Crippen molar-refractivity contribution in [2.45, 2.75) is 11.1 Å². The second-order valence-corrected chi connectivity index (χ2v) is 5.08. The van der Waals surface area contributed by atoms with Gasteiger partial charge in [0.05, 0.1) is 12.7 Å². The number of nitrogens with zero attached hydrogens (tertiary/aromatic N) is 2. The van der Waals surface area contributed by atoms with Gasteiger partial charge in [-0.05, 0) is 11.4 Å². The molecule has 5 nitrogen and oxygen atoms in total. The van der Waals surface area contributed by atoms with E-state index in [0.717, 1.165) is 15.2 Å². The lowest BCUT2D eigenvalue weighted by molar-refractivity contribution is 0.113. The zero-order chi connectivity index (χ0) is 11.5. The fraction of sp³-hybridized carbons (Fsp3) is 0.333. The van der Waals surface area contributed by atoms with Gasteiger partial charge in [0.15, 0.2) is 0 Å². The SMILES string of the molecule is Nc1nc(SCC(O)CO)c2ccsc2n1. The molecule has 0 bridgehead atoms. The van der Waals surface area contributed by atoms with Crippen LogP contribution in [0.25, 0.3) is 10.2 Å². The van der Waals surface area contributed by atoms with Crippen molar-refractivity contribution in [2.24, 2.45) is 0 Å². The normalized spacial score (nSPS) is 13.1. The van der Waals surface area contributed by atoms with Gasteiger partial charge in [0.2, 0.25) is 5.95 Å². The van der Waals surface area contributed by atoms with Crippen molar-refractivity contribution in [2.75, 3.05) is 18.1 Å². The predicted molar refractivity (Wildman–Crippen MR) is 65.6 cm³/mol. The van der Waals surface area contributed by atoms with Crippen molar-refractivity contribution < 1.29 is 10.2 Å². The number of aliphatic hydroxyl groups excluding tert-OH is 2. The molecule has 0 aliphatic rings. The summed E-state index contributed by atoms with van der Waals surface area (Å²) in [7, 11) is 0. The van der Waals surface area contributed by atoms with Crippen molar-refractivity contribution in [3.63, 3.8) is 0 Å². The summed E-state index contributed by atoms with van der Waals surface area (Å²) in [5.74, 6) is 0.619. The number of aromatic nitrogens is 2. The number of nitrogen functional groups attached to an aromatic ring is 1. The Bertz CT molecular complexity index is 489. The number of nitrogens with two attached hydrogens (primary N) is 1. The van der Waals surface area contributed by atoms with Crippen molar-refractivity contribution in [3.05, 3.63) is 11.4 Å². The molecule has 86 valence electrons. The number of hydrogen-bond donors (Lipinski definition) is 3. The maximum absolute atomic E-state index is 9.27. The van der Waals surface area contributed by atoms with E-state index < -0.39 is 6.10 Å². The van der Waals surface area contributed by atoms with E-state index in [9.17, 15) is 5.11 Å². The molecule has 0 fully saturated rings. The molecule has 0 aliphatic heterocycles. The van der Waals surface area contributed by atoms with Crippen molar-refractivity contribution in [1.29, 1.82) is 0 Å². The van der Waals surface area contributed by atoms with Crippen LogP contribution in [0.2, 0.25) is 0 Å². The van der Waals surface area contributed by atoms with Crippen LogP contribution in [0, 0.1) is 0 Å². The first-order valence-corrected chi connectivity index (χ1v) is 6.49. The maximum Gasteiger partial charge on any atom is 0.222 e. The molecular formula is C9H11N3O2S2. The molecule has 0 aromatic carbocycles. The van der Waals surface area contributed by atoms with Gasteiger partial charge in [0.25, 0.3) is 0 Å². The molecule has 0 saturated heterocycles. The molecule has 4 N–H and O–H groups in total. The third kappa shape index (κ3) is 2.43. The highest BCUT2D eigenvalue weighted by Crippen LogP contribution is 2.29. The Kier molecular flexibility index (Phi) is 3.59. The number of fused-ring (bicyclic) bond motifs is 1. The Morgan fingerprint density at radius 3 is 3.06 bits per heavy atom. The summed E-state index contributed by atoms with van der Waals surface area (Å²) in [6.07, 6.45) is -0.741. The maximum atomic E-state index is 9.27. The third-order valence-corrected chi connectivity index (χ3v) is 3.87. The molecule has 0 aliphatic carbocycles. The van der Waals surface area contributed by atoms with Crippen LogP contribution >= 0.6 is 23.1 Å². The van der Waals surface area contributed by atoms with Gasteiger partial charge in [-0.15, -0.1) is 23.1 Å². The summed E-state index contributed by atoms with van der Waals surface area (Å²) in [6, 6.07) is 1.92. The third-order valence-electron chi connectivity index (χ3n) is 1.93. The number of hydrogen-bond acceptors (Lipinski definition) is 7. The Morgan fingerprint density at radius 1 is 1.50 bits per heavy atom. The summed E-state index contributed by atoms with van der Waals surface area (Å²) in [5.41, 5.74) is 5.58. The molecule has 0 radical (unpaired) electrons. The molecule has 1 atom stereocenters. The van der Waals surface area contributed by atoms with E-state index >= 15 is 0 Å². The van der Waals surface area contributed by atoms with Crippen molar-refractivity contribution >= 4 is 39.3 Å². The van der Waals surface area contributed by atoms with E-state index in [-0.39, 0.29) is 12.6 Å². The fourth-order valence-corrected chi connectivity index (χ4v) is 2.95. The second-order valence-electron chi connectivity index (χ2n) is 3.17. The number of aliphatic hydroxyl groups is 2. The van der Waals surface area contributed by atoms with Gasteiger partial charge in [-0.3, -0.25) is 0 Å². The van der Waals surface area contributed by atoms with Gasteiger partial charge < -0.3 is 15.9 Å². The first-order chi connectivity index (χ1) is 7.70. The van der Waals surface area contributed by atoms with Gasteiger partial charge >= 0.3 is 0 Å². The van der Waals surface area contributed by atoms with Crippen LogP contribution in [0.3, 0.4) is 0 Å². The van der Waals surface area contributed by atoms with E-state index in [4.69, 9.17) is 10.8 Å². The lowest BCUT2D eigenvalue weighted by atomic mass is 10.4. The lowest BCUT2D eigenvalue weighted by Gasteiger charge is -2.06.